The molecular weight excluding hydrogens is 375 g/mol. The Kier molecular flexibility index (Phi) is 4.63. The van der Waals surface area contributed by atoms with Crippen molar-refractivity contribution in [1.82, 2.24) is 24.5 Å². The van der Waals surface area contributed by atoms with E-state index in [1.807, 2.05) is 32.0 Å². The van der Waals surface area contributed by atoms with E-state index in [0.29, 0.717) is 11.4 Å². The fourth-order valence-corrected chi connectivity index (χ4v) is 3.04. The van der Waals surface area contributed by atoms with E-state index in [1.54, 1.807) is 6.07 Å². The molecule has 146 valence electrons. The summed E-state index contributed by atoms with van der Waals surface area (Å²) in [5.41, 5.74) is 2.77. The Morgan fingerprint density at radius 2 is 2.00 bits per heavy atom. The Labute approximate surface area is 164 Å². The molecule has 0 bridgehead atoms. The lowest BCUT2D eigenvalue weighted by Gasteiger charge is -2.10. The highest BCUT2D eigenvalue weighted by molar-refractivity contribution is 5.91. The zero-order valence-corrected chi connectivity index (χ0v) is 15.8. The smallest absolute Gasteiger partial charge is 0.284 e. The first-order valence-electron chi connectivity index (χ1n) is 8.86. The molecule has 1 N–H and O–H groups in total. The van der Waals surface area contributed by atoms with Crippen molar-refractivity contribution in [1.29, 1.82) is 0 Å². The molecule has 0 saturated heterocycles. The van der Waals surface area contributed by atoms with E-state index < -0.39 is 11.4 Å². The third-order valence-corrected chi connectivity index (χ3v) is 4.45. The van der Waals surface area contributed by atoms with Gasteiger partial charge in [0.1, 0.15) is 18.7 Å². The second kappa shape index (κ2) is 7.27. The minimum atomic E-state index is -0.506. The van der Waals surface area contributed by atoms with Gasteiger partial charge in [-0.2, -0.15) is 4.68 Å². The van der Waals surface area contributed by atoms with Gasteiger partial charge in [0.05, 0.1) is 5.69 Å². The lowest BCUT2D eigenvalue weighted by Crippen LogP contribution is -2.28. The summed E-state index contributed by atoms with van der Waals surface area (Å²) in [7, 11) is 0. The zero-order chi connectivity index (χ0) is 20.5. The summed E-state index contributed by atoms with van der Waals surface area (Å²) in [6, 6.07) is 11.4. The van der Waals surface area contributed by atoms with Crippen LogP contribution in [0.4, 0.5) is 10.1 Å². The summed E-state index contributed by atoms with van der Waals surface area (Å²) < 4.78 is 15.9. The van der Waals surface area contributed by atoms with Gasteiger partial charge >= 0.3 is 0 Å². The second-order valence-electron chi connectivity index (χ2n) is 6.70. The molecule has 0 unspecified atom stereocenters. The first kappa shape index (κ1) is 18.5. The molecule has 9 heteroatoms. The van der Waals surface area contributed by atoms with Crippen LogP contribution in [0.25, 0.3) is 16.9 Å². The Balaban J connectivity index is 1.61. The van der Waals surface area contributed by atoms with Crippen molar-refractivity contribution in [3.05, 3.63) is 76.1 Å². The second-order valence-corrected chi connectivity index (χ2v) is 6.70. The maximum Gasteiger partial charge on any atom is 0.284 e. The summed E-state index contributed by atoms with van der Waals surface area (Å²) in [6.45, 7) is 3.64. The van der Waals surface area contributed by atoms with E-state index in [2.05, 4.69) is 20.6 Å². The number of hydrogen-bond acceptors (Lipinski definition) is 5. The van der Waals surface area contributed by atoms with Gasteiger partial charge in [-0.15, -0.1) is 5.10 Å². The molecule has 0 atom stereocenters. The molecule has 0 spiro atoms. The first-order valence-corrected chi connectivity index (χ1v) is 8.86. The minimum Gasteiger partial charge on any atom is -0.324 e. The Morgan fingerprint density at radius 1 is 1.17 bits per heavy atom. The predicted octanol–water partition coefficient (Wildman–Crippen LogP) is 2.37. The number of carbonyl (C=O) groups is 1. The minimum absolute atomic E-state index is 0.00363. The van der Waals surface area contributed by atoms with Crippen LogP contribution >= 0.6 is 0 Å². The summed E-state index contributed by atoms with van der Waals surface area (Å²) in [5, 5.41) is 10.6. The van der Waals surface area contributed by atoms with Gasteiger partial charge in [0.25, 0.3) is 5.56 Å². The van der Waals surface area contributed by atoms with Gasteiger partial charge in [0.15, 0.2) is 11.2 Å². The van der Waals surface area contributed by atoms with Crippen LogP contribution in [-0.2, 0) is 11.3 Å². The van der Waals surface area contributed by atoms with Crippen molar-refractivity contribution in [2.75, 3.05) is 5.32 Å². The molecule has 29 heavy (non-hydrogen) atoms. The van der Waals surface area contributed by atoms with Crippen LogP contribution in [0.2, 0.25) is 0 Å². The molecule has 0 saturated carbocycles. The maximum atomic E-state index is 13.5. The number of fused-ring (bicyclic) bond motifs is 1. The van der Waals surface area contributed by atoms with Crippen molar-refractivity contribution in [2.45, 2.75) is 20.4 Å². The van der Waals surface area contributed by atoms with Crippen molar-refractivity contribution in [3.8, 4) is 5.69 Å². The molecule has 0 aliphatic heterocycles. The topological polar surface area (TPSA) is 94.7 Å². The number of anilines is 1. The molecule has 0 aliphatic carbocycles. The molecule has 0 radical (unpaired) electrons. The number of aromatic nitrogens is 5. The van der Waals surface area contributed by atoms with Crippen molar-refractivity contribution in [2.24, 2.45) is 0 Å². The Bertz CT molecular complexity index is 1290. The molecule has 8 nitrogen and oxygen atoms in total. The van der Waals surface area contributed by atoms with E-state index in [4.69, 9.17) is 0 Å². The maximum absolute atomic E-state index is 13.5. The quantitative estimate of drug-likeness (QED) is 0.575. The highest BCUT2D eigenvalue weighted by atomic mass is 19.1. The average Bonchev–Trinajstić information content (AvgIpc) is 3.11. The molecule has 2 aromatic carbocycles. The zero-order valence-electron chi connectivity index (χ0n) is 15.8. The standard InChI is InChI=1S/C20H17FN6O2/c1-12-6-7-16(13(2)8-12)23-17(28)10-26-11-22-19-18(20(26)29)24-25-27(19)15-5-3-4-14(21)9-15/h3-9,11H,10H2,1-2H3,(H,23,28). The SMILES string of the molecule is Cc1ccc(NC(=O)Cn2cnc3c(nnn3-c3cccc(F)c3)c2=O)c(C)c1. The number of carbonyl (C=O) groups excluding carboxylic acids is 1. The van der Waals surface area contributed by atoms with E-state index in [0.717, 1.165) is 15.7 Å². The van der Waals surface area contributed by atoms with E-state index in [9.17, 15) is 14.0 Å². The van der Waals surface area contributed by atoms with Crippen molar-refractivity contribution in [3.63, 3.8) is 0 Å². The largest absolute Gasteiger partial charge is 0.324 e. The van der Waals surface area contributed by atoms with Crippen molar-refractivity contribution >= 4 is 22.8 Å². The molecule has 4 rings (SSSR count). The number of amides is 1. The molecule has 0 aliphatic rings. The first-order chi connectivity index (χ1) is 13.9. The van der Waals surface area contributed by atoms with Gasteiger partial charge in [-0.3, -0.25) is 14.2 Å². The fourth-order valence-electron chi connectivity index (χ4n) is 3.04. The predicted molar refractivity (Wildman–Crippen MR) is 105 cm³/mol. The molecule has 2 aromatic heterocycles. The average molecular weight is 392 g/mol. The van der Waals surface area contributed by atoms with Crippen LogP contribution in [0.1, 0.15) is 11.1 Å². The van der Waals surface area contributed by atoms with Crippen LogP contribution < -0.4 is 10.9 Å². The van der Waals surface area contributed by atoms with Gasteiger partial charge in [-0.05, 0) is 43.7 Å². The number of halogens is 1. The van der Waals surface area contributed by atoms with Crippen molar-refractivity contribution < 1.29 is 9.18 Å². The van der Waals surface area contributed by atoms with Crippen LogP contribution in [0.5, 0.6) is 0 Å². The monoisotopic (exact) mass is 392 g/mol. The third-order valence-electron chi connectivity index (χ3n) is 4.45. The van der Waals surface area contributed by atoms with Crippen LogP contribution in [0.15, 0.2) is 53.6 Å². The van der Waals surface area contributed by atoms with Gasteiger partial charge in [-0.25, -0.2) is 9.37 Å². The van der Waals surface area contributed by atoms with Gasteiger partial charge in [0.2, 0.25) is 5.91 Å². The molecule has 1 amide bonds. The van der Waals surface area contributed by atoms with Crippen LogP contribution in [-0.4, -0.2) is 30.5 Å². The number of aryl methyl sites for hydroxylation is 2. The highest BCUT2D eigenvalue weighted by Crippen LogP contribution is 2.16. The summed E-state index contributed by atoms with van der Waals surface area (Å²) in [6.07, 6.45) is 1.26. The van der Waals surface area contributed by atoms with Gasteiger partial charge < -0.3 is 5.32 Å². The van der Waals surface area contributed by atoms with E-state index in [1.165, 1.54) is 29.2 Å². The molecule has 0 fully saturated rings. The lowest BCUT2D eigenvalue weighted by atomic mass is 10.1. The number of nitrogens with one attached hydrogen (secondary N) is 1. The lowest BCUT2D eigenvalue weighted by molar-refractivity contribution is -0.116. The highest BCUT2D eigenvalue weighted by Gasteiger charge is 2.15. The van der Waals surface area contributed by atoms with E-state index >= 15 is 0 Å². The van der Waals surface area contributed by atoms with E-state index in [-0.39, 0.29) is 23.6 Å². The molecule has 2 heterocycles. The summed E-state index contributed by atoms with van der Waals surface area (Å²) in [4.78, 5) is 29.3. The number of nitrogens with zero attached hydrogens (tertiary/aromatic N) is 5. The fraction of sp³-hybridized carbons (Fsp3) is 0.150. The Hall–Kier alpha value is -3.88. The molecule has 4 aromatic rings. The van der Waals surface area contributed by atoms with Gasteiger partial charge in [-0.1, -0.05) is 29.0 Å². The van der Waals surface area contributed by atoms with Crippen LogP contribution in [0, 0.1) is 19.7 Å². The summed E-state index contributed by atoms with van der Waals surface area (Å²) in [5.74, 6) is -0.805. The number of hydrogen-bond donors (Lipinski definition) is 1. The third kappa shape index (κ3) is 3.62. The summed E-state index contributed by atoms with van der Waals surface area (Å²) >= 11 is 0. The number of rotatable bonds is 4. The number of benzene rings is 2. The normalized spacial score (nSPS) is 11.0. The molecular formula is C20H17FN6O2. The van der Waals surface area contributed by atoms with Crippen LogP contribution in [0.3, 0.4) is 0 Å². The Morgan fingerprint density at radius 3 is 2.76 bits per heavy atom. The van der Waals surface area contributed by atoms with Gasteiger partial charge in [0, 0.05) is 5.69 Å².